The predicted molar refractivity (Wildman–Crippen MR) is 99.4 cm³/mol. The Labute approximate surface area is 153 Å². The van der Waals surface area contributed by atoms with E-state index in [0.29, 0.717) is 19.0 Å². The predicted octanol–water partition coefficient (Wildman–Crippen LogP) is 3.05. The summed E-state index contributed by atoms with van der Waals surface area (Å²) in [5, 5.41) is 7.22. The highest BCUT2D eigenvalue weighted by atomic mass is 16.2. The molecule has 4 rings (SSSR count). The van der Waals surface area contributed by atoms with Crippen LogP contribution in [-0.2, 0) is 17.9 Å². The summed E-state index contributed by atoms with van der Waals surface area (Å²) in [6, 6.07) is 16.6. The third-order valence-corrected chi connectivity index (χ3v) is 4.98. The van der Waals surface area contributed by atoms with Gasteiger partial charge in [-0.2, -0.15) is 5.10 Å². The number of nitrogens with zero attached hydrogens (tertiary/aromatic N) is 3. The molecule has 1 heterocycles. The van der Waals surface area contributed by atoms with E-state index < -0.39 is 0 Å². The molecule has 0 aliphatic heterocycles. The van der Waals surface area contributed by atoms with Gasteiger partial charge in [-0.25, -0.2) is 9.67 Å². The largest absolute Gasteiger partial charge is 0.352 e. The highest BCUT2D eigenvalue weighted by Crippen LogP contribution is 2.48. The molecule has 2 atom stereocenters. The Balaban J connectivity index is 1.33. The maximum atomic E-state index is 12.5. The van der Waals surface area contributed by atoms with Crippen molar-refractivity contribution in [3.8, 4) is 0 Å². The molecule has 0 radical (unpaired) electrons. The number of benzene rings is 2. The van der Waals surface area contributed by atoms with Gasteiger partial charge in [-0.3, -0.25) is 4.79 Å². The van der Waals surface area contributed by atoms with Crippen LogP contribution in [0.1, 0.15) is 34.6 Å². The van der Waals surface area contributed by atoms with Gasteiger partial charge in [-0.05, 0) is 41.5 Å². The average Bonchev–Trinajstić information content (AvgIpc) is 3.28. The van der Waals surface area contributed by atoms with E-state index in [0.717, 1.165) is 17.5 Å². The first-order valence-electron chi connectivity index (χ1n) is 8.94. The SMILES string of the molecule is Cc1ccccc1[C@@H]1C[C@@H]1C(=O)NCc1cccc(Cn2cncn2)c1. The molecule has 1 amide bonds. The number of rotatable bonds is 6. The number of aryl methyl sites for hydroxylation is 1. The Morgan fingerprint density at radius 1 is 1.19 bits per heavy atom. The summed E-state index contributed by atoms with van der Waals surface area (Å²) < 4.78 is 1.79. The van der Waals surface area contributed by atoms with E-state index in [1.807, 2.05) is 18.2 Å². The number of carbonyl (C=O) groups excluding carboxylic acids is 1. The Morgan fingerprint density at radius 2 is 2.04 bits per heavy atom. The highest BCUT2D eigenvalue weighted by Gasteiger charge is 2.44. The molecular formula is C21H22N4O. The summed E-state index contributed by atoms with van der Waals surface area (Å²) in [6.45, 7) is 3.35. The molecule has 5 heteroatoms. The Bertz CT molecular complexity index is 904. The summed E-state index contributed by atoms with van der Waals surface area (Å²) in [6.07, 6.45) is 4.18. The van der Waals surface area contributed by atoms with E-state index in [9.17, 15) is 4.79 Å². The van der Waals surface area contributed by atoms with Crippen molar-refractivity contribution in [1.82, 2.24) is 20.1 Å². The first-order valence-corrected chi connectivity index (χ1v) is 8.94. The van der Waals surface area contributed by atoms with Crippen LogP contribution in [0.3, 0.4) is 0 Å². The van der Waals surface area contributed by atoms with Gasteiger partial charge in [-0.15, -0.1) is 0 Å². The summed E-state index contributed by atoms with van der Waals surface area (Å²) >= 11 is 0. The van der Waals surface area contributed by atoms with E-state index >= 15 is 0 Å². The minimum Gasteiger partial charge on any atom is -0.352 e. The van der Waals surface area contributed by atoms with Gasteiger partial charge < -0.3 is 5.32 Å². The molecule has 26 heavy (non-hydrogen) atoms. The van der Waals surface area contributed by atoms with E-state index in [4.69, 9.17) is 0 Å². The zero-order chi connectivity index (χ0) is 17.9. The fourth-order valence-corrected chi connectivity index (χ4v) is 3.49. The third-order valence-electron chi connectivity index (χ3n) is 4.98. The molecule has 2 aromatic carbocycles. The van der Waals surface area contributed by atoms with Crippen molar-refractivity contribution >= 4 is 5.91 Å². The van der Waals surface area contributed by atoms with Gasteiger partial charge in [0.2, 0.25) is 5.91 Å². The van der Waals surface area contributed by atoms with Gasteiger partial charge in [0.15, 0.2) is 0 Å². The van der Waals surface area contributed by atoms with Crippen LogP contribution in [-0.4, -0.2) is 20.7 Å². The van der Waals surface area contributed by atoms with Crippen LogP contribution < -0.4 is 5.32 Å². The quantitative estimate of drug-likeness (QED) is 0.746. The molecule has 1 aliphatic carbocycles. The van der Waals surface area contributed by atoms with Crippen molar-refractivity contribution in [3.63, 3.8) is 0 Å². The number of amides is 1. The topological polar surface area (TPSA) is 59.8 Å². The lowest BCUT2D eigenvalue weighted by molar-refractivity contribution is -0.122. The summed E-state index contributed by atoms with van der Waals surface area (Å²) in [4.78, 5) is 16.4. The molecule has 132 valence electrons. The van der Waals surface area contributed by atoms with E-state index in [1.54, 1.807) is 11.0 Å². The van der Waals surface area contributed by atoms with Crippen molar-refractivity contribution in [3.05, 3.63) is 83.4 Å². The first kappa shape index (κ1) is 16.5. The minimum absolute atomic E-state index is 0.106. The van der Waals surface area contributed by atoms with E-state index in [1.165, 1.54) is 17.5 Å². The number of hydrogen-bond acceptors (Lipinski definition) is 3. The van der Waals surface area contributed by atoms with Crippen molar-refractivity contribution in [2.24, 2.45) is 5.92 Å². The molecule has 1 fully saturated rings. The third kappa shape index (κ3) is 3.67. The van der Waals surface area contributed by atoms with Gasteiger partial charge in [0, 0.05) is 12.5 Å². The maximum absolute atomic E-state index is 12.5. The van der Waals surface area contributed by atoms with Crippen LogP contribution in [0, 0.1) is 12.8 Å². The number of hydrogen-bond donors (Lipinski definition) is 1. The average molecular weight is 346 g/mol. The summed E-state index contributed by atoms with van der Waals surface area (Å²) in [5.41, 5.74) is 4.83. The fourth-order valence-electron chi connectivity index (χ4n) is 3.49. The second-order valence-corrected chi connectivity index (χ2v) is 6.94. The van der Waals surface area contributed by atoms with Gasteiger partial charge in [0.25, 0.3) is 0 Å². The molecule has 1 aliphatic rings. The molecule has 1 aromatic heterocycles. The second kappa shape index (κ2) is 7.12. The van der Waals surface area contributed by atoms with Crippen LogP contribution in [0.5, 0.6) is 0 Å². The van der Waals surface area contributed by atoms with Crippen LogP contribution in [0.4, 0.5) is 0 Å². The molecule has 0 bridgehead atoms. The minimum atomic E-state index is 0.106. The number of nitrogens with one attached hydrogen (secondary N) is 1. The van der Waals surface area contributed by atoms with Gasteiger partial charge in [0.05, 0.1) is 6.54 Å². The van der Waals surface area contributed by atoms with Gasteiger partial charge >= 0.3 is 0 Å². The Kier molecular flexibility index (Phi) is 4.52. The van der Waals surface area contributed by atoms with Crippen LogP contribution in [0.25, 0.3) is 0 Å². The summed E-state index contributed by atoms with van der Waals surface area (Å²) in [5.74, 6) is 0.629. The van der Waals surface area contributed by atoms with Crippen LogP contribution >= 0.6 is 0 Å². The second-order valence-electron chi connectivity index (χ2n) is 6.94. The zero-order valence-electron chi connectivity index (χ0n) is 14.8. The Morgan fingerprint density at radius 3 is 2.85 bits per heavy atom. The number of carbonyl (C=O) groups is 1. The maximum Gasteiger partial charge on any atom is 0.224 e. The Hall–Kier alpha value is -2.95. The van der Waals surface area contributed by atoms with Crippen LogP contribution in [0.2, 0.25) is 0 Å². The molecule has 0 spiro atoms. The molecule has 0 unspecified atom stereocenters. The van der Waals surface area contributed by atoms with E-state index in [2.05, 4.69) is 52.7 Å². The van der Waals surface area contributed by atoms with E-state index in [-0.39, 0.29) is 11.8 Å². The lowest BCUT2D eigenvalue weighted by Gasteiger charge is -2.08. The molecule has 5 nitrogen and oxygen atoms in total. The normalized spacial score (nSPS) is 18.5. The standard InChI is InChI=1S/C21H22N4O/c1-15-5-2-3-8-18(15)19-10-20(19)21(26)23-11-16-6-4-7-17(9-16)12-25-14-22-13-24-25/h2-9,13-14,19-20H,10-12H2,1H3,(H,23,26)/t19-,20-/m0/s1. The van der Waals surface area contributed by atoms with Crippen molar-refractivity contribution < 1.29 is 4.79 Å². The molecular weight excluding hydrogens is 324 g/mol. The van der Waals surface area contributed by atoms with Gasteiger partial charge in [0.1, 0.15) is 12.7 Å². The molecule has 1 N–H and O–H groups in total. The summed E-state index contributed by atoms with van der Waals surface area (Å²) in [7, 11) is 0. The zero-order valence-corrected chi connectivity index (χ0v) is 14.8. The van der Waals surface area contributed by atoms with Crippen LogP contribution in [0.15, 0.2) is 61.2 Å². The number of aromatic nitrogens is 3. The molecule has 0 saturated heterocycles. The lowest BCUT2D eigenvalue weighted by Crippen LogP contribution is -2.25. The molecule has 1 saturated carbocycles. The fraction of sp³-hybridized carbons (Fsp3) is 0.286. The smallest absolute Gasteiger partial charge is 0.224 e. The van der Waals surface area contributed by atoms with Crippen molar-refractivity contribution in [1.29, 1.82) is 0 Å². The highest BCUT2D eigenvalue weighted by molar-refractivity contribution is 5.83. The first-order chi connectivity index (χ1) is 12.7. The lowest BCUT2D eigenvalue weighted by atomic mass is 10.0. The monoisotopic (exact) mass is 346 g/mol. The van der Waals surface area contributed by atoms with Gasteiger partial charge in [-0.1, -0.05) is 48.5 Å². The van der Waals surface area contributed by atoms with Crippen molar-refractivity contribution in [2.75, 3.05) is 0 Å². The van der Waals surface area contributed by atoms with Crippen molar-refractivity contribution in [2.45, 2.75) is 32.4 Å². The molecule has 3 aromatic rings.